The fraction of sp³-hybridized carbons (Fsp3) is 0.615. The minimum Gasteiger partial charge on any atom is -0.497 e. The SMILES string of the molecule is CCOC(=O)C12CC1C=CCCCCCC(NC(=O)OC(C)(C)C)C(=O)N1CC3(CCc4c(c(CC)nc5ccc(OC)cc45)O3)CC1C(=O)N2. The van der Waals surface area contributed by atoms with E-state index in [0.717, 1.165) is 47.2 Å². The highest BCUT2D eigenvalue weighted by Gasteiger charge is 2.63. The van der Waals surface area contributed by atoms with Gasteiger partial charge in [-0.2, -0.15) is 0 Å². The van der Waals surface area contributed by atoms with Crippen molar-refractivity contribution in [1.82, 2.24) is 20.5 Å². The van der Waals surface area contributed by atoms with Crippen LogP contribution in [-0.2, 0) is 36.7 Å². The molecule has 51 heavy (non-hydrogen) atoms. The van der Waals surface area contributed by atoms with Gasteiger partial charge in [-0.25, -0.2) is 14.6 Å². The average Bonchev–Trinajstić information content (AvgIpc) is 3.66. The zero-order valence-corrected chi connectivity index (χ0v) is 30.8. The Morgan fingerprint density at radius 3 is 2.67 bits per heavy atom. The maximum absolute atomic E-state index is 14.6. The number of carbonyl (C=O) groups is 4. The van der Waals surface area contributed by atoms with Crippen LogP contribution in [0.2, 0.25) is 0 Å². The van der Waals surface area contributed by atoms with Crippen LogP contribution in [0.25, 0.3) is 10.9 Å². The van der Waals surface area contributed by atoms with Crippen LogP contribution in [-0.4, -0.2) is 82.8 Å². The van der Waals surface area contributed by atoms with Gasteiger partial charge in [0.2, 0.25) is 11.8 Å². The van der Waals surface area contributed by atoms with E-state index < -0.39 is 46.8 Å². The largest absolute Gasteiger partial charge is 0.497 e. The summed E-state index contributed by atoms with van der Waals surface area (Å²) in [6.07, 6.45) is 9.42. The maximum atomic E-state index is 14.6. The second kappa shape index (κ2) is 14.3. The number of fused-ring (bicyclic) bond motifs is 5. The molecule has 6 rings (SSSR count). The number of carbonyl (C=O) groups excluding carboxylic acids is 4. The smallest absolute Gasteiger partial charge is 0.408 e. The molecule has 1 saturated carbocycles. The molecule has 2 fully saturated rings. The summed E-state index contributed by atoms with van der Waals surface area (Å²) in [7, 11) is 1.63. The number of nitrogens with one attached hydrogen (secondary N) is 2. The van der Waals surface area contributed by atoms with E-state index in [1.807, 2.05) is 31.2 Å². The molecular weight excluding hydrogens is 652 g/mol. The van der Waals surface area contributed by atoms with Crippen molar-refractivity contribution in [2.75, 3.05) is 20.3 Å². The molecule has 2 aromatic rings. The molecule has 276 valence electrons. The summed E-state index contributed by atoms with van der Waals surface area (Å²) < 4.78 is 23.5. The van der Waals surface area contributed by atoms with Crippen molar-refractivity contribution in [2.45, 2.75) is 128 Å². The summed E-state index contributed by atoms with van der Waals surface area (Å²) in [5, 5.41) is 6.82. The van der Waals surface area contributed by atoms with E-state index in [-0.39, 0.29) is 31.4 Å². The van der Waals surface area contributed by atoms with Crippen molar-refractivity contribution < 1.29 is 38.1 Å². The van der Waals surface area contributed by atoms with Gasteiger partial charge >= 0.3 is 12.1 Å². The van der Waals surface area contributed by atoms with Gasteiger partial charge in [-0.3, -0.25) is 9.59 Å². The number of pyridine rings is 1. The molecule has 12 nitrogen and oxygen atoms in total. The monoisotopic (exact) mass is 704 g/mol. The fourth-order valence-corrected chi connectivity index (χ4v) is 7.84. The number of hydrogen-bond acceptors (Lipinski definition) is 9. The first-order chi connectivity index (χ1) is 24.3. The normalized spacial score (nSPS) is 28.0. The van der Waals surface area contributed by atoms with Crippen molar-refractivity contribution in [2.24, 2.45) is 5.92 Å². The van der Waals surface area contributed by atoms with E-state index in [1.54, 1.807) is 39.7 Å². The topological polar surface area (TPSA) is 145 Å². The molecule has 1 spiro atoms. The van der Waals surface area contributed by atoms with E-state index in [2.05, 4.69) is 16.7 Å². The number of hydrogen-bond donors (Lipinski definition) is 2. The number of methoxy groups -OCH3 is 1. The molecule has 12 heteroatoms. The maximum Gasteiger partial charge on any atom is 0.408 e. The van der Waals surface area contributed by atoms with Crippen LogP contribution in [0, 0.1) is 5.92 Å². The van der Waals surface area contributed by atoms with Crippen molar-refractivity contribution in [1.29, 1.82) is 0 Å². The Morgan fingerprint density at radius 1 is 1.14 bits per heavy atom. The highest BCUT2D eigenvalue weighted by Crippen LogP contribution is 2.48. The van der Waals surface area contributed by atoms with Gasteiger partial charge < -0.3 is 34.5 Å². The Balaban J connectivity index is 1.37. The predicted octanol–water partition coefficient (Wildman–Crippen LogP) is 5.32. The minimum absolute atomic E-state index is 0.130. The van der Waals surface area contributed by atoms with Gasteiger partial charge in [-0.05, 0) is 90.8 Å². The van der Waals surface area contributed by atoms with Gasteiger partial charge in [0.05, 0.1) is 31.5 Å². The van der Waals surface area contributed by atoms with Gasteiger partial charge in [0.15, 0.2) is 0 Å². The van der Waals surface area contributed by atoms with Crippen molar-refractivity contribution in [3.05, 3.63) is 41.6 Å². The molecule has 2 N–H and O–H groups in total. The Kier molecular flexibility index (Phi) is 10.3. The second-order valence-electron chi connectivity index (χ2n) is 15.3. The summed E-state index contributed by atoms with van der Waals surface area (Å²) in [6, 6.07) is 3.94. The fourth-order valence-electron chi connectivity index (χ4n) is 7.84. The third kappa shape index (κ3) is 7.51. The van der Waals surface area contributed by atoms with Crippen molar-refractivity contribution >= 4 is 34.8 Å². The third-order valence-electron chi connectivity index (χ3n) is 10.5. The van der Waals surface area contributed by atoms with E-state index >= 15 is 0 Å². The number of alkyl carbamates (subject to hydrolysis) is 1. The molecule has 3 amide bonds. The van der Waals surface area contributed by atoms with E-state index in [9.17, 15) is 19.2 Å². The molecule has 0 bridgehead atoms. The summed E-state index contributed by atoms with van der Waals surface area (Å²) in [5.41, 5.74) is -0.164. The molecule has 0 radical (unpaired) electrons. The van der Waals surface area contributed by atoms with Crippen LogP contribution in [0.5, 0.6) is 11.5 Å². The quantitative estimate of drug-likeness (QED) is 0.312. The first-order valence-electron chi connectivity index (χ1n) is 18.5. The molecular formula is C39H52N4O8. The Labute approximate surface area is 300 Å². The molecule has 1 aliphatic carbocycles. The third-order valence-corrected chi connectivity index (χ3v) is 10.5. The van der Waals surface area contributed by atoms with Gasteiger partial charge in [0.25, 0.3) is 0 Å². The Bertz CT molecular complexity index is 1720. The van der Waals surface area contributed by atoms with E-state index in [0.29, 0.717) is 44.3 Å². The predicted molar refractivity (Wildman–Crippen MR) is 190 cm³/mol. The van der Waals surface area contributed by atoms with Crippen LogP contribution < -0.4 is 20.1 Å². The Morgan fingerprint density at radius 2 is 1.94 bits per heavy atom. The number of allylic oxidation sites excluding steroid dienone is 1. The standard InChI is InChI=1S/C39H52N4O8/c1-7-28-32-26(27-20-25(48-6)16-17-29(27)40-28)18-19-38(50-32)22-31-33(44)42-39(35(46)49-8-2)21-24(39)14-12-10-9-11-13-15-30(34(45)43(31)23-38)41-36(47)51-37(3,4)5/h12,14,16-17,20,24,30-31H,7-11,13,15,18-19,21-23H2,1-6H3,(H,41,47)(H,42,44). The second-order valence-corrected chi connectivity index (χ2v) is 15.3. The first-order valence-corrected chi connectivity index (χ1v) is 18.5. The van der Waals surface area contributed by atoms with Gasteiger partial charge in [-0.15, -0.1) is 0 Å². The lowest BCUT2D eigenvalue weighted by Gasteiger charge is -2.37. The zero-order chi connectivity index (χ0) is 36.6. The summed E-state index contributed by atoms with van der Waals surface area (Å²) in [6.45, 7) is 9.39. The number of aryl methyl sites for hydroxylation is 2. The van der Waals surface area contributed by atoms with E-state index in [4.69, 9.17) is 23.9 Å². The van der Waals surface area contributed by atoms with Crippen LogP contribution in [0.4, 0.5) is 4.79 Å². The highest BCUT2D eigenvalue weighted by atomic mass is 16.6. The average molecular weight is 705 g/mol. The van der Waals surface area contributed by atoms with Gasteiger partial charge in [-0.1, -0.05) is 31.9 Å². The lowest BCUT2D eigenvalue weighted by molar-refractivity contribution is -0.150. The van der Waals surface area contributed by atoms with E-state index in [1.165, 1.54) is 0 Å². The molecule has 1 aromatic heterocycles. The number of esters is 1. The molecule has 4 heterocycles. The number of nitrogens with zero attached hydrogens (tertiary/aromatic N) is 2. The van der Waals surface area contributed by atoms with Crippen molar-refractivity contribution in [3.8, 4) is 11.5 Å². The molecule has 4 aliphatic rings. The lowest BCUT2D eigenvalue weighted by atomic mass is 9.87. The molecule has 5 atom stereocenters. The first kappa shape index (κ1) is 36.4. The number of ether oxygens (including phenoxy) is 4. The minimum atomic E-state index is -1.19. The molecule has 5 unspecified atom stereocenters. The van der Waals surface area contributed by atoms with Gasteiger partial charge in [0.1, 0.15) is 40.3 Å². The van der Waals surface area contributed by atoms with Crippen LogP contribution in [0.1, 0.15) is 97.2 Å². The number of rotatable bonds is 5. The van der Waals surface area contributed by atoms with Crippen LogP contribution in [0.3, 0.4) is 0 Å². The summed E-state index contributed by atoms with van der Waals surface area (Å²) >= 11 is 0. The molecule has 1 aromatic carbocycles. The van der Waals surface area contributed by atoms with Crippen LogP contribution in [0.15, 0.2) is 30.4 Å². The molecule has 1 saturated heterocycles. The number of benzene rings is 1. The number of aromatic nitrogens is 1. The molecule has 3 aliphatic heterocycles. The van der Waals surface area contributed by atoms with Gasteiger partial charge in [0, 0.05) is 23.3 Å². The summed E-state index contributed by atoms with van der Waals surface area (Å²) in [4.78, 5) is 62.0. The zero-order valence-electron chi connectivity index (χ0n) is 30.8. The number of amides is 3. The van der Waals surface area contributed by atoms with Crippen LogP contribution >= 0.6 is 0 Å². The lowest BCUT2D eigenvalue weighted by Crippen LogP contribution is -2.57. The van der Waals surface area contributed by atoms with Crippen molar-refractivity contribution in [3.63, 3.8) is 0 Å². The highest BCUT2D eigenvalue weighted by molar-refractivity contribution is 5.97. The summed E-state index contributed by atoms with van der Waals surface area (Å²) in [5.74, 6) is -0.100. The Hall–Kier alpha value is -4.35.